The van der Waals surface area contributed by atoms with E-state index in [0.29, 0.717) is 11.3 Å². The summed E-state index contributed by atoms with van der Waals surface area (Å²) in [6.45, 7) is -0.336. The number of aromatic nitrogens is 1. The summed E-state index contributed by atoms with van der Waals surface area (Å²) in [6.07, 6.45) is 2.95. The second-order valence-electron chi connectivity index (χ2n) is 6.16. The van der Waals surface area contributed by atoms with E-state index in [2.05, 4.69) is 9.71 Å². The van der Waals surface area contributed by atoms with Crippen LogP contribution < -0.4 is 9.46 Å². The van der Waals surface area contributed by atoms with Crippen LogP contribution in [0, 0.1) is 0 Å². The van der Waals surface area contributed by atoms with Crippen LogP contribution in [-0.2, 0) is 19.9 Å². The molecular weight excluding hydrogens is 412 g/mol. The molecule has 0 fully saturated rings. The number of sulfonamides is 1. The molecule has 0 saturated heterocycles. The number of pyridine rings is 1. The Labute approximate surface area is 170 Å². The first kappa shape index (κ1) is 21.0. The zero-order chi connectivity index (χ0) is 20.9. The van der Waals surface area contributed by atoms with E-state index in [0.717, 1.165) is 0 Å². The lowest BCUT2D eigenvalue weighted by molar-refractivity contribution is 0.414. The molecule has 0 aliphatic heterocycles. The van der Waals surface area contributed by atoms with E-state index in [4.69, 9.17) is 4.74 Å². The van der Waals surface area contributed by atoms with Crippen molar-refractivity contribution < 1.29 is 21.6 Å². The minimum absolute atomic E-state index is 0.0142. The summed E-state index contributed by atoms with van der Waals surface area (Å²) in [6, 6.07) is 17.0. The molecule has 152 valence electrons. The monoisotopic (exact) mass is 432 g/mol. The van der Waals surface area contributed by atoms with Gasteiger partial charge in [-0.25, -0.2) is 21.6 Å². The van der Waals surface area contributed by atoms with E-state index in [-0.39, 0.29) is 16.3 Å². The van der Waals surface area contributed by atoms with Gasteiger partial charge in [0.05, 0.1) is 16.9 Å². The quantitative estimate of drug-likeness (QED) is 0.587. The SMILES string of the molecule is COc1ccc(S(=O)(=O)NCC(c2cccnc2)S(=O)(=O)c2ccccc2)cc1. The van der Waals surface area contributed by atoms with E-state index in [1.54, 1.807) is 30.3 Å². The van der Waals surface area contributed by atoms with Crippen molar-refractivity contribution >= 4 is 19.9 Å². The highest BCUT2D eigenvalue weighted by atomic mass is 32.2. The van der Waals surface area contributed by atoms with E-state index in [1.165, 1.54) is 55.9 Å². The number of ether oxygens (including phenoxy) is 1. The predicted octanol–water partition coefficient (Wildman–Crippen LogP) is 2.58. The number of nitrogens with zero attached hydrogens (tertiary/aromatic N) is 1. The molecule has 0 radical (unpaired) electrons. The second-order valence-corrected chi connectivity index (χ2v) is 10.1. The van der Waals surface area contributed by atoms with Gasteiger partial charge in [-0.05, 0) is 48.0 Å². The molecule has 29 heavy (non-hydrogen) atoms. The Morgan fingerprint density at radius 2 is 1.59 bits per heavy atom. The van der Waals surface area contributed by atoms with Crippen molar-refractivity contribution in [2.24, 2.45) is 0 Å². The van der Waals surface area contributed by atoms with Gasteiger partial charge in [-0.3, -0.25) is 4.98 Å². The van der Waals surface area contributed by atoms with Crippen LogP contribution in [0.5, 0.6) is 5.75 Å². The lowest BCUT2D eigenvalue weighted by Crippen LogP contribution is -2.32. The molecule has 9 heteroatoms. The molecule has 1 heterocycles. The van der Waals surface area contributed by atoms with Gasteiger partial charge in [-0.1, -0.05) is 24.3 Å². The van der Waals surface area contributed by atoms with E-state index < -0.39 is 25.1 Å². The summed E-state index contributed by atoms with van der Waals surface area (Å²) in [5.74, 6) is 0.517. The van der Waals surface area contributed by atoms with Gasteiger partial charge in [0, 0.05) is 18.9 Å². The number of sulfone groups is 1. The Balaban J connectivity index is 1.92. The Hall–Kier alpha value is -2.75. The van der Waals surface area contributed by atoms with E-state index in [1.807, 2.05) is 0 Å². The predicted molar refractivity (Wildman–Crippen MR) is 109 cm³/mol. The average molecular weight is 433 g/mol. The number of benzene rings is 2. The van der Waals surface area contributed by atoms with Crippen molar-refractivity contribution in [3.05, 3.63) is 84.7 Å². The van der Waals surface area contributed by atoms with Crippen LogP contribution in [0.3, 0.4) is 0 Å². The molecule has 1 N–H and O–H groups in total. The van der Waals surface area contributed by atoms with Gasteiger partial charge in [0.2, 0.25) is 10.0 Å². The number of nitrogens with one attached hydrogen (secondary N) is 1. The third kappa shape index (κ3) is 4.81. The minimum Gasteiger partial charge on any atom is -0.497 e. The van der Waals surface area contributed by atoms with Crippen molar-refractivity contribution in [1.82, 2.24) is 9.71 Å². The fourth-order valence-corrected chi connectivity index (χ4v) is 5.59. The van der Waals surface area contributed by atoms with Gasteiger partial charge >= 0.3 is 0 Å². The molecule has 0 spiro atoms. The molecule has 0 aliphatic carbocycles. The van der Waals surface area contributed by atoms with Crippen molar-refractivity contribution in [3.8, 4) is 5.75 Å². The summed E-state index contributed by atoms with van der Waals surface area (Å²) < 4.78 is 59.2. The van der Waals surface area contributed by atoms with Gasteiger partial charge in [-0.2, -0.15) is 0 Å². The highest BCUT2D eigenvalue weighted by Gasteiger charge is 2.31. The summed E-state index contributed by atoms with van der Waals surface area (Å²) >= 11 is 0. The van der Waals surface area contributed by atoms with Crippen LogP contribution >= 0.6 is 0 Å². The first-order chi connectivity index (χ1) is 13.8. The maximum atomic E-state index is 13.2. The minimum atomic E-state index is -3.92. The van der Waals surface area contributed by atoms with Crippen molar-refractivity contribution in [2.75, 3.05) is 13.7 Å². The number of rotatable bonds is 8. The molecule has 3 aromatic rings. The number of methoxy groups -OCH3 is 1. The molecule has 1 aromatic heterocycles. The zero-order valence-corrected chi connectivity index (χ0v) is 17.2. The molecular formula is C20H20N2O5S2. The molecule has 0 aliphatic rings. The van der Waals surface area contributed by atoms with Crippen molar-refractivity contribution in [2.45, 2.75) is 15.0 Å². The standard InChI is InChI=1S/C20H20N2O5S2/c1-27-17-9-11-19(12-10-17)29(25,26)22-15-20(16-6-5-13-21-14-16)28(23,24)18-7-3-2-4-8-18/h2-14,20,22H,15H2,1H3. The van der Waals surface area contributed by atoms with Crippen LogP contribution in [0.1, 0.15) is 10.8 Å². The van der Waals surface area contributed by atoms with Gasteiger partial charge in [-0.15, -0.1) is 0 Å². The van der Waals surface area contributed by atoms with Gasteiger partial charge < -0.3 is 4.74 Å². The number of hydrogen-bond acceptors (Lipinski definition) is 6. The summed E-state index contributed by atoms with van der Waals surface area (Å²) in [5.41, 5.74) is 0.397. The summed E-state index contributed by atoms with van der Waals surface area (Å²) in [7, 11) is -6.30. The van der Waals surface area contributed by atoms with Gasteiger partial charge in [0.15, 0.2) is 9.84 Å². The Morgan fingerprint density at radius 1 is 0.897 bits per heavy atom. The first-order valence-corrected chi connectivity index (χ1v) is 11.7. The molecule has 2 aromatic carbocycles. The molecule has 3 rings (SSSR count). The highest BCUT2D eigenvalue weighted by molar-refractivity contribution is 7.92. The fourth-order valence-electron chi connectivity index (χ4n) is 2.77. The van der Waals surface area contributed by atoms with Crippen LogP contribution in [0.4, 0.5) is 0 Å². The second kappa shape index (κ2) is 8.73. The summed E-state index contributed by atoms with van der Waals surface area (Å²) in [4.78, 5) is 4.10. The largest absolute Gasteiger partial charge is 0.497 e. The molecule has 0 amide bonds. The van der Waals surface area contributed by atoms with Crippen LogP contribution in [0.2, 0.25) is 0 Å². The van der Waals surface area contributed by atoms with Crippen molar-refractivity contribution in [3.63, 3.8) is 0 Å². The Bertz CT molecular complexity index is 1150. The van der Waals surface area contributed by atoms with Crippen LogP contribution in [0.15, 0.2) is 88.9 Å². The fraction of sp³-hybridized carbons (Fsp3) is 0.150. The number of hydrogen-bond donors (Lipinski definition) is 1. The molecule has 0 bridgehead atoms. The third-order valence-electron chi connectivity index (χ3n) is 4.33. The smallest absolute Gasteiger partial charge is 0.240 e. The Morgan fingerprint density at radius 3 is 2.17 bits per heavy atom. The van der Waals surface area contributed by atoms with Crippen molar-refractivity contribution in [1.29, 1.82) is 0 Å². The maximum Gasteiger partial charge on any atom is 0.240 e. The lowest BCUT2D eigenvalue weighted by atomic mass is 10.2. The van der Waals surface area contributed by atoms with E-state index >= 15 is 0 Å². The first-order valence-electron chi connectivity index (χ1n) is 8.67. The summed E-state index contributed by atoms with van der Waals surface area (Å²) in [5, 5.41) is -1.13. The zero-order valence-electron chi connectivity index (χ0n) is 15.6. The molecule has 1 unspecified atom stereocenters. The maximum absolute atomic E-state index is 13.2. The third-order valence-corrected chi connectivity index (χ3v) is 7.89. The highest BCUT2D eigenvalue weighted by Crippen LogP contribution is 2.28. The molecule has 0 saturated carbocycles. The topological polar surface area (TPSA) is 102 Å². The Kier molecular flexibility index (Phi) is 6.31. The van der Waals surface area contributed by atoms with Gasteiger partial charge in [0.1, 0.15) is 11.0 Å². The molecule has 7 nitrogen and oxygen atoms in total. The molecule has 1 atom stereocenters. The average Bonchev–Trinajstić information content (AvgIpc) is 2.75. The normalized spacial score (nSPS) is 13.0. The lowest BCUT2D eigenvalue weighted by Gasteiger charge is -2.19. The van der Waals surface area contributed by atoms with Gasteiger partial charge in [0.25, 0.3) is 0 Å². The van der Waals surface area contributed by atoms with E-state index in [9.17, 15) is 16.8 Å². The van der Waals surface area contributed by atoms with Crippen LogP contribution in [-0.4, -0.2) is 35.5 Å². The van der Waals surface area contributed by atoms with Crippen LogP contribution in [0.25, 0.3) is 0 Å².